The highest BCUT2D eigenvalue weighted by Gasteiger charge is 2.50. The summed E-state index contributed by atoms with van der Waals surface area (Å²) in [5.41, 5.74) is 1.19. The second kappa shape index (κ2) is 6.62. The van der Waals surface area contributed by atoms with Crippen LogP contribution in [0.3, 0.4) is 0 Å². The summed E-state index contributed by atoms with van der Waals surface area (Å²) in [6.07, 6.45) is -4.30. The number of H-pyrrole nitrogens is 1. The van der Waals surface area contributed by atoms with Crippen molar-refractivity contribution < 1.29 is 27.9 Å². The van der Waals surface area contributed by atoms with Gasteiger partial charge >= 0.3 is 12.1 Å². The number of aromatic nitrogens is 1. The predicted molar refractivity (Wildman–Crippen MR) is 87.5 cm³/mol. The lowest BCUT2D eigenvalue weighted by atomic mass is 9.97. The van der Waals surface area contributed by atoms with Gasteiger partial charge in [-0.3, -0.25) is 9.59 Å². The van der Waals surface area contributed by atoms with Crippen molar-refractivity contribution in [1.29, 1.82) is 0 Å². The molecule has 1 aromatic carbocycles. The number of hydrogen-bond donors (Lipinski definition) is 2. The number of alkyl halides is 3. The Morgan fingerprint density at radius 1 is 1.28 bits per heavy atom. The summed E-state index contributed by atoms with van der Waals surface area (Å²) < 4.78 is 41.1. The highest BCUT2D eigenvalue weighted by molar-refractivity contribution is 8.00. The Kier molecular flexibility index (Phi) is 4.68. The fourth-order valence-corrected chi connectivity index (χ4v) is 3.78. The van der Waals surface area contributed by atoms with Crippen molar-refractivity contribution in [2.75, 3.05) is 18.1 Å². The zero-order valence-corrected chi connectivity index (χ0v) is 13.8. The first kappa shape index (κ1) is 17.7. The molecule has 0 saturated heterocycles. The van der Waals surface area contributed by atoms with Crippen molar-refractivity contribution in [3.8, 4) is 0 Å². The Bertz CT molecular complexity index is 819. The third kappa shape index (κ3) is 3.46. The maximum atomic E-state index is 13.7. The number of nitrogens with one attached hydrogen (secondary N) is 1. The molecule has 2 N–H and O–H groups in total. The normalized spacial score (nSPS) is 17.6. The van der Waals surface area contributed by atoms with E-state index in [0.717, 1.165) is 22.0 Å². The Morgan fingerprint density at radius 2 is 2.00 bits per heavy atom. The number of carbonyl (C=O) groups is 2. The minimum atomic E-state index is -4.62. The van der Waals surface area contributed by atoms with Crippen LogP contribution < -0.4 is 0 Å². The quantitative estimate of drug-likeness (QED) is 0.866. The van der Waals surface area contributed by atoms with Crippen molar-refractivity contribution in [1.82, 2.24) is 9.88 Å². The zero-order chi connectivity index (χ0) is 18.2. The maximum absolute atomic E-state index is 13.7. The van der Waals surface area contributed by atoms with Crippen LogP contribution in [-0.2, 0) is 16.0 Å². The number of halogens is 3. The number of thioether (sulfide) groups is 1. The lowest BCUT2D eigenvalue weighted by Gasteiger charge is -2.36. The Labute approximate surface area is 145 Å². The number of para-hydroxylation sites is 1. The summed E-state index contributed by atoms with van der Waals surface area (Å²) in [6.45, 7) is -0.0501. The van der Waals surface area contributed by atoms with Gasteiger partial charge in [-0.15, -0.1) is 11.8 Å². The SMILES string of the molecule is O=C(O)CSCC(=O)N1CCc2c([nH]c3ccccc23)[C@@H]1C(F)(F)F. The molecule has 2 heterocycles. The van der Waals surface area contributed by atoms with Crippen LogP contribution in [0.15, 0.2) is 24.3 Å². The van der Waals surface area contributed by atoms with Gasteiger partial charge in [-0.25, -0.2) is 0 Å². The van der Waals surface area contributed by atoms with E-state index in [0.29, 0.717) is 17.5 Å². The Hall–Kier alpha value is -2.16. The topological polar surface area (TPSA) is 73.4 Å². The number of hydrogen-bond acceptors (Lipinski definition) is 3. The second-order valence-electron chi connectivity index (χ2n) is 5.73. The number of carbonyl (C=O) groups excluding carboxylic acids is 1. The smallest absolute Gasteiger partial charge is 0.414 e. The molecule has 0 aliphatic carbocycles. The molecule has 9 heteroatoms. The fourth-order valence-electron chi connectivity index (χ4n) is 3.16. The summed E-state index contributed by atoms with van der Waals surface area (Å²) in [5.74, 6) is -2.44. The molecule has 134 valence electrons. The highest BCUT2D eigenvalue weighted by Crippen LogP contribution is 2.43. The van der Waals surface area contributed by atoms with Crippen LogP contribution in [0.5, 0.6) is 0 Å². The lowest BCUT2D eigenvalue weighted by molar-refractivity contribution is -0.193. The number of nitrogens with zero attached hydrogens (tertiary/aromatic N) is 1. The molecule has 0 saturated carbocycles. The Morgan fingerprint density at radius 3 is 2.68 bits per heavy atom. The molecule has 1 aromatic heterocycles. The van der Waals surface area contributed by atoms with Crippen molar-refractivity contribution in [3.63, 3.8) is 0 Å². The molecule has 0 radical (unpaired) electrons. The lowest BCUT2D eigenvalue weighted by Crippen LogP contribution is -2.47. The van der Waals surface area contributed by atoms with Crippen LogP contribution in [0.25, 0.3) is 10.9 Å². The van der Waals surface area contributed by atoms with Gasteiger partial charge in [-0.05, 0) is 18.1 Å². The highest BCUT2D eigenvalue weighted by atomic mass is 32.2. The zero-order valence-electron chi connectivity index (χ0n) is 13.0. The maximum Gasteiger partial charge on any atom is 0.414 e. The summed E-state index contributed by atoms with van der Waals surface area (Å²) in [6, 6.07) is 4.92. The minimum Gasteiger partial charge on any atom is -0.481 e. The summed E-state index contributed by atoms with van der Waals surface area (Å²) in [7, 11) is 0. The van der Waals surface area contributed by atoms with Gasteiger partial charge in [0.1, 0.15) is 0 Å². The summed E-state index contributed by atoms with van der Waals surface area (Å²) in [4.78, 5) is 26.4. The van der Waals surface area contributed by atoms with Gasteiger partial charge in [0.15, 0.2) is 6.04 Å². The molecule has 0 unspecified atom stereocenters. The van der Waals surface area contributed by atoms with Crippen LogP contribution in [-0.4, -0.2) is 51.1 Å². The van der Waals surface area contributed by atoms with Crippen LogP contribution in [0.1, 0.15) is 17.3 Å². The number of amides is 1. The average molecular weight is 372 g/mol. The first-order chi connectivity index (χ1) is 11.8. The van der Waals surface area contributed by atoms with Crippen LogP contribution >= 0.6 is 11.8 Å². The molecule has 2 aromatic rings. The van der Waals surface area contributed by atoms with Gasteiger partial charge in [-0.2, -0.15) is 13.2 Å². The van der Waals surface area contributed by atoms with Crippen molar-refractivity contribution in [2.24, 2.45) is 0 Å². The number of fused-ring (bicyclic) bond motifs is 3. The largest absolute Gasteiger partial charge is 0.481 e. The molecule has 0 spiro atoms. The second-order valence-corrected chi connectivity index (χ2v) is 6.72. The van der Waals surface area contributed by atoms with E-state index in [1.165, 1.54) is 0 Å². The number of benzene rings is 1. The van der Waals surface area contributed by atoms with Gasteiger partial charge in [0.25, 0.3) is 0 Å². The molecule has 1 aliphatic rings. The average Bonchev–Trinajstić information content (AvgIpc) is 2.90. The van der Waals surface area contributed by atoms with Crippen molar-refractivity contribution >= 4 is 34.5 Å². The number of carboxylic acid groups (broad SMARTS) is 1. The standard InChI is InChI=1S/C16H15F3N2O3S/c17-16(18,19)15-14-10(9-3-1-2-4-11(9)20-14)5-6-21(15)12(22)7-25-8-13(23)24/h1-4,15,20H,5-8H2,(H,23,24)/t15-/m1/s1. The monoisotopic (exact) mass is 372 g/mol. The number of carboxylic acids is 1. The molecular weight excluding hydrogens is 357 g/mol. The van der Waals surface area contributed by atoms with Gasteiger partial charge in [0.05, 0.1) is 17.2 Å². The van der Waals surface area contributed by atoms with E-state index < -0.39 is 24.1 Å². The van der Waals surface area contributed by atoms with Gasteiger partial charge in [0, 0.05) is 17.4 Å². The van der Waals surface area contributed by atoms with Crippen molar-refractivity contribution in [2.45, 2.75) is 18.6 Å². The summed E-state index contributed by atoms with van der Waals surface area (Å²) in [5, 5.41) is 9.33. The molecule has 1 aliphatic heterocycles. The van der Waals surface area contributed by atoms with E-state index >= 15 is 0 Å². The molecular formula is C16H15F3N2O3S. The molecule has 1 amide bonds. The number of aromatic amines is 1. The van der Waals surface area contributed by atoms with Crippen LogP contribution in [0, 0.1) is 0 Å². The first-order valence-electron chi connectivity index (χ1n) is 7.54. The van der Waals surface area contributed by atoms with Gasteiger partial charge in [0.2, 0.25) is 5.91 Å². The Balaban J connectivity index is 1.93. The minimum absolute atomic E-state index is 0.00321. The number of aliphatic carboxylic acids is 1. The molecule has 1 atom stereocenters. The van der Waals surface area contributed by atoms with E-state index in [9.17, 15) is 22.8 Å². The first-order valence-corrected chi connectivity index (χ1v) is 8.69. The molecule has 0 bridgehead atoms. The fraction of sp³-hybridized carbons (Fsp3) is 0.375. The third-order valence-corrected chi connectivity index (χ3v) is 5.02. The third-order valence-electron chi connectivity index (χ3n) is 4.12. The van der Waals surface area contributed by atoms with Crippen LogP contribution in [0.4, 0.5) is 13.2 Å². The molecule has 5 nitrogen and oxygen atoms in total. The van der Waals surface area contributed by atoms with Gasteiger partial charge in [-0.1, -0.05) is 18.2 Å². The molecule has 25 heavy (non-hydrogen) atoms. The van der Waals surface area contributed by atoms with Crippen molar-refractivity contribution in [3.05, 3.63) is 35.5 Å². The van der Waals surface area contributed by atoms with Crippen LogP contribution in [0.2, 0.25) is 0 Å². The molecule has 3 rings (SSSR count). The van der Waals surface area contributed by atoms with E-state index in [-0.39, 0.29) is 23.7 Å². The van der Waals surface area contributed by atoms with E-state index in [1.807, 2.05) is 0 Å². The molecule has 0 fully saturated rings. The van der Waals surface area contributed by atoms with E-state index in [2.05, 4.69) is 4.98 Å². The van der Waals surface area contributed by atoms with E-state index in [1.54, 1.807) is 24.3 Å². The van der Waals surface area contributed by atoms with E-state index in [4.69, 9.17) is 5.11 Å². The predicted octanol–water partition coefficient (Wildman–Crippen LogP) is 2.97. The van der Waals surface area contributed by atoms with Gasteiger partial charge < -0.3 is 15.0 Å². The summed E-state index contributed by atoms with van der Waals surface area (Å²) >= 11 is 0.794. The number of rotatable bonds is 4.